The molecule has 0 bridgehead atoms. The molecule has 0 aliphatic carbocycles. The lowest BCUT2D eigenvalue weighted by molar-refractivity contribution is 0.196. The standard InChI is InChI=1S/C23H27F2N7O2.ClH/c1-16-17(15-27-32(16)21-14-22(34-10-9-33)29-23(26)28-21)3-2-4-30-5-7-31(8-6-30)20-12-18(24)11-19(25)13-20;/h2-3,11-15,33H,4-10H2,1H3,(H2,26,28,29);1H. The zero-order valence-electron chi connectivity index (χ0n) is 19.3. The van der Waals surface area contributed by atoms with Gasteiger partial charge in [0.25, 0.3) is 0 Å². The number of anilines is 2. The molecular weight excluding hydrogens is 480 g/mol. The molecule has 35 heavy (non-hydrogen) atoms. The second-order valence-electron chi connectivity index (χ2n) is 7.91. The van der Waals surface area contributed by atoms with Crippen LogP contribution >= 0.6 is 12.4 Å². The lowest BCUT2D eigenvalue weighted by Gasteiger charge is -2.35. The highest BCUT2D eigenvalue weighted by Crippen LogP contribution is 2.20. The number of halogens is 3. The van der Waals surface area contributed by atoms with Gasteiger partial charge in [0.15, 0.2) is 5.82 Å². The number of hydrogen-bond acceptors (Lipinski definition) is 8. The summed E-state index contributed by atoms with van der Waals surface area (Å²) in [5.41, 5.74) is 8.17. The van der Waals surface area contributed by atoms with Crippen molar-refractivity contribution < 1.29 is 18.6 Å². The first kappa shape index (κ1) is 26.3. The number of aliphatic hydroxyl groups is 1. The van der Waals surface area contributed by atoms with Crippen molar-refractivity contribution in [1.29, 1.82) is 0 Å². The predicted octanol–water partition coefficient (Wildman–Crippen LogP) is 2.46. The van der Waals surface area contributed by atoms with Gasteiger partial charge in [-0.05, 0) is 19.1 Å². The van der Waals surface area contributed by atoms with Crippen molar-refractivity contribution in [2.45, 2.75) is 6.92 Å². The number of benzene rings is 1. The number of rotatable bonds is 8. The number of nitrogens with two attached hydrogens (primary N) is 1. The predicted molar refractivity (Wildman–Crippen MR) is 132 cm³/mol. The molecule has 4 rings (SSSR count). The van der Waals surface area contributed by atoms with Crippen molar-refractivity contribution in [3.05, 3.63) is 59.4 Å². The van der Waals surface area contributed by atoms with Gasteiger partial charge in [-0.3, -0.25) is 4.90 Å². The highest BCUT2D eigenvalue weighted by molar-refractivity contribution is 5.85. The fourth-order valence-electron chi connectivity index (χ4n) is 3.82. The van der Waals surface area contributed by atoms with Gasteiger partial charge in [0.05, 0.1) is 18.5 Å². The molecule has 1 saturated heterocycles. The van der Waals surface area contributed by atoms with Gasteiger partial charge in [-0.1, -0.05) is 12.2 Å². The van der Waals surface area contributed by atoms with Crippen LogP contribution < -0.4 is 15.4 Å². The summed E-state index contributed by atoms with van der Waals surface area (Å²) >= 11 is 0. The summed E-state index contributed by atoms with van der Waals surface area (Å²) in [5, 5.41) is 13.3. The Bertz CT molecular complexity index is 1150. The van der Waals surface area contributed by atoms with Crippen LogP contribution in [0.1, 0.15) is 11.3 Å². The molecule has 1 aromatic carbocycles. The topological polar surface area (TPSA) is 106 Å². The van der Waals surface area contributed by atoms with Crippen LogP contribution in [0.5, 0.6) is 5.88 Å². The van der Waals surface area contributed by atoms with E-state index >= 15 is 0 Å². The molecule has 1 aliphatic rings. The second kappa shape index (κ2) is 11.9. The van der Waals surface area contributed by atoms with Crippen LogP contribution in [0.25, 0.3) is 11.9 Å². The van der Waals surface area contributed by atoms with Gasteiger partial charge in [-0.15, -0.1) is 12.4 Å². The van der Waals surface area contributed by atoms with E-state index in [0.29, 0.717) is 24.6 Å². The van der Waals surface area contributed by atoms with Gasteiger partial charge >= 0.3 is 0 Å². The minimum absolute atomic E-state index is 0. The minimum atomic E-state index is -0.560. The van der Waals surface area contributed by atoms with Crippen molar-refractivity contribution in [3.8, 4) is 11.7 Å². The first-order chi connectivity index (χ1) is 16.4. The summed E-state index contributed by atoms with van der Waals surface area (Å²) in [5.74, 6) is -0.326. The van der Waals surface area contributed by atoms with E-state index in [0.717, 1.165) is 37.0 Å². The number of piperazine rings is 1. The summed E-state index contributed by atoms with van der Waals surface area (Å²) in [6.07, 6.45) is 5.81. The lowest BCUT2D eigenvalue weighted by atomic mass is 10.2. The van der Waals surface area contributed by atoms with Gasteiger partial charge < -0.3 is 20.5 Å². The molecule has 1 fully saturated rings. The van der Waals surface area contributed by atoms with Crippen LogP contribution in [0.15, 0.2) is 36.5 Å². The Morgan fingerprint density at radius 2 is 1.80 bits per heavy atom. The molecule has 0 unspecified atom stereocenters. The van der Waals surface area contributed by atoms with Crippen LogP contribution in [0.3, 0.4) is 0 Å². The quantitative estimate of drug-likeness (QED) is 0.479. The molecule has 0 spiro atoms. The van der Waals surface area contributed by atoms with Crippen molar-refractivity contribution in [2.75, 3.05) is 56.6 Å². The molecule has 12 heteroatoms. The second-order valence-corrected chi connectivity index (χ2v) is 7.91. The molecule has 0 amide bonds. The minimum Gasteiger partial charge on any atom is -0.475 e. The van der Waals surface area contributed by atoms with E-state index in [-0.39, 0.29) is 37.4 Å². The van der Waals surface area contributed by atoms with Gasteiger partial charge in [0.1, 0.15) is 18.2 Å². The number of nitrogen functional groups attached to an aromatic ring is 1. The average molecular weight is 508 g/mol. The summed E-state index contributed by atoms with van der Waals surface area (Å²) in [7, 11) is 0. The molecule has 3 heterocycles. The average Bonchev–Trinajstić information content (AvgIpc) is 3.17. The van der Waals surface area contributed by atoms with Crippen LogP contribution in [0.4, 0.5) is 20.4 Å². The number of hydrogen-bond donors (Lipinski definition) is 2. The largest absolute Gasteiger partial charge is 0.475 e. The van der Waals surface area contributed by atoms with Gasteiger partial charge in [0, 0.05) is 56.1 Å². The summed E-state index contributed by atoms with van der Waals surface area (Å²) in [4.78, 5) is 12.5. The van der Waals surface area contributed by atoms with Crippen molar-refractivity contribution >= 4 is 30.1 Å². The molecule has 3 aromatic rings. The summed E-state index contributed by atoms with van der Waals surface area (Å²) < 4.78 is 34.0. The fraction of sp³-hybridized carbons (Fsp3) is 0.348. The molecule has 9 nitrogen and oxygen atoms in total. The van der Waals surface area contributed by atoms with Gasteiger partial charge in [-0.25, -0.2) is 13.5 Å². The normalized spacial score (nSPS) is 14.3. The third kappa shape index (κ3) is 6.65. The van der Waals surface area contributed by atoms with Gasteiger partial charge in [0.2, 0.25) is 11.8 Å². The molecule has 0 radical (unpaired) electrons. The zero-order valence-corrected chi connectivity index (χ0v) is 20.1. The molecular formula is C23H28ClF2N7O2. The maximum atomic E-state index is 13.5. The molecule has 2 aromatic heterocycles. The Balaban J connectivity index is 0.00000342. The molecule has 0 atom stereocenters. The maximum Gasteiger partial charge on any atom is 0.225 e. The number of nitrogens with zero attached hydrogens (tertiary/aromatic N) is 6. The first-order valence-electron chi connectivity index (χ1n) is 11.0. The van der Waals surface area contributed by atoms with Crippen LogP contribution in [0.2, 0.25) is 0 Å². The monoisotopic (exact) mass is 507 g/mol. The van der Waals surface area contributed by atoms with Crippen LogP contribution in [-0.2, 0) is 0 Å². The highest BCUT2D eigenvalue weighted by Gasteiger charge is 2.17. The van der Waals surface area contributed by atoms with Crippen molar-refractivity contribution in [1.82, 2.24) is 24.6 Å². The Kier molecular flexibility index (Phi) is 8.96. The van der Waals surface area contributed by atoms with E-state index in [1.165, 1.54) is 12.1 Å². The molecule has 0 saturated carbocycles. The van der Waals surface area contributed by atoms with Crippen molar-refractivity contribution in [3.63, 3.8) is 0 Å². The third-order valence-electron chi connectivity index (χ3n) is 5.56. The summed E-state index contributed by atoms with van der Waals surface area (Å²) in [6, 6.07) is 5.24. The lowest BCUT2D eigenvalue weighted by Crippen LogP contribution is -2.46. The Morgan fingerprint density at radius 3 is 2.49 bits per heavy atom. The SMILES string of the molecule is Cc1c(C=CCN2CCN(c3cc(F)cc(F)c3)CC2)cnn1-c1cc(OCCO)nc(N)n1.Cl. The molecule has 3 N–H and O–H groups in total. The van der Waals surface area contributed by atoms with Crippen LogP contribution in [0, 0.1) is 18.6 Å². The van der Waals surface area contributed by atoms with E-state index in [4.69, 9.17) is 15.6 Å². The number of aromatic nitrogens is 4. The fourth-order valence-corrected chi connectivity index (χ4v) is 3.82. The Labute approximate surface area is 208 Å². The van der Waals surface area contributed by atoms with E-state index in [1.807, 2.05) is 17.9 Å². The third-order valence-corrected chi connectivity index (χ3v) is 5.56. The smallest absolute Gasteiger partial charge is 0.225 e. The van der Waals surface area contributed by atoms with Crippen LogP contribution in [-0.4, -0.2) is 75.7 Å². The Hall–Kier alpha value is -3.28. The molecule has 1 aliphatic heterocycles. The highest BCUT2D eigenvalue weighted by atomic mass is 35.5. The Morgan fingerprint density at radius 1 is 1.09 bits per heavy atom. The van der Waals surface area contributed by atoms with Gasteiger partial charge in [-0.2, -0.15) is 15.1 Å². The maximum absolute atomic E-state index is 13.5. The number of aliphatic hydroxyl groups excluding tert-OH is 1. The van der Waals surface area contributed by atoms with E-state index < -0.39 is 11.6 Å². The first-order valence-corrected chi connectivity index (χ1v) is 11.0. The zero-order chi connectivity index (χ0) is 24.1. The van der Waals surface area contributed by atoms with E-state index in [2.05, 4.69) is 26.0 Å². The molecule has 188 valence electrons. The van der Waals surface area contributed by atoms with E-state index in [9.17, 15) is 8.78 Å². The summed E-state index contributed by atoms with van der Waals surface area (Å²) in [6.45, 7) is 5.62. The number of ether oxygens (including phenoxy) is 1. The van der Waals surface area contributed by atoms with Crippen molar-refractivity contribution in [2.24, 2.45) is 0 Å². The van der Waals surface area contributed by atoms with E-state index in [1.54, 1.807) is 16.9 Å².